The minimum atomic E-state index is -4.13. The van der Waals surface area contributed by atoms with Gasteiger partial charge in [-0.05, 0) is 42.0 Å². The maximum atomic E-state index is 11.5. The van der Waals surface area contributed by atoms with Crippen molar-refractivity contribution < 1.29 is 13.0 Å². The second-order valence-electron chi connectivity index (χ2n) is 3.92. The van der Waals surface area contributed by atoms with Gasteiger partial charge in [-0.15, -0.1) is 11.8 Å². The molecule has 0 saturated heterocycles. The zero-order chi connectivity index (χ0) is 12.5. The Morgan fingerprint density at radius 1 is 1.29 bits per heavy atom. The molecule has 1 heterocycles. The van der Waals surface area contributed by atoms with Crippen LogP contribution in [0.5, 0.6) is 0 Å². The molecule has 3 nitrogen and oxygen atoms in total. The van der Waals surface area contributed by atoms with E-state index in [1.54, 1.807) is 36.5 Å². The van der Waals surface area contributed by atoms with E-state index < -0.39 is 10.1 Å². The van der Waals surface area contributed by atoms with Crippen LogP contribution in [0.1, 0.15) is 17.5 Å². The van der Waals surface area contributed by atoms with Crippen LogP contribution in [-0.4, -0.2) is 24.5 Å². The molecule has 0 aromatic heterocycles. The van der Waals surface area contributed by atoms with E-state index in [4.69, 9.17) is 0 Å². The summed E-state index contributed by atoms with van der Waals surface area (Å²) in [5, 5.41) is 0. The lowest BCUT2D eigenvalue weighted by Crippen LogP contribution is -2.08. The minimum Gasteiger partial charge on any atom is -0.282 e. The molecule has 0 spiro atoms. The lowest BCUT2D eigenvalue weighted by molar-refractivity contribution is 0.481. The number of benzene rings is 1. The van der Waals surface area contributed by atoms with E-state index >= 15 is 0 Å². The first-order chi connectivity index (χ1) is 8.00. The van der Waals surface area contributed by atoms with Gasteiger partial charge in [-0.2, -0.15) is 20.2 Å². The van der Waals surface area contributed by atoms with Gasteiger partial charge in [0.25, 0.3) is 10.1 Å². The minimum absolute atomic E-state index is 0.108. The Hall–Kier alpha value is -0.170. The fourth-order valence-corrected chi connectivity index (χ4v) is 5.29. The number of fused-ring (bicyclic) bond motifs is 1. The molecule has 1 aromatic carbocycles. The van der Waals surface area contributed by atoms with Crippen LogP contribution in [0.2, 0.25) is 0 Å². The molecule has 0 unspecified atom stereocenters. The van der Waals surface area contributed by atoms with Crippen LogP contribution < -0.4 is 0 Å². The second kappa shape index (κ2) is 5.22. The molecule has 0 atom stereocenters. The fraction of sp³-hybridized carbons (Fsp3) is 0.455. The summed E-state index contributed by atoms with van der Waals surface area (Å²) in [6.07, 6.45) is 1.13. The highest BCUT2D eigenvalue weighted by Gasteiger charge is 2.22. The summed E-state index contributed by atoms with van der Waals surface area (Å²) >= 11 is 3.39. The first-order valence-corrected chi connectivity index (χ1v) is 8.88. The highest BCUT2D eigenvalue weighted by atomic mass is 32.2. The largest absolute Gasteiger partial charge is 0.295 e. The molecule has 17 heavy (non-hydrogen) atoms. The molecule has 0 radical (unpaired) electrons. The van der Waals surface area contributed by atoms with Gasteiger partial charge in [0.05, 0.1) is 0 Å². The maximum Gasteiger partial charge on any atom is 0.295 e. The van der Waals surface area contributed by atoms with Gasteiger partial charge in [0.15, 0.2) is 0 Å². The monoisotopic (exact) mass is 290 g/mol. The van der Waals surface area contributed by atoms with Crippen LogP contribution in [0.25, 0.3) is 0 Å². The van der Waals surface area contributed by atoms with Gasteiger partial charge < -0.3 is 0 Å². The molecular weight excluding hydrogens is 276 g/mol. The molecule has 0 amide bonds. The summed E-state index contributed by atoms with van der Waals surface area (Å²) in [5.74, 6) is 2.68. The van der Waals surface area contributed by atoms with E-state index in [0.29, 0.717) is 11.3 Å². The highest BCUT2D eigenvalue weighted by molar-refractivity contribution is 8.00. The molecule has 0 aliphatic carbocycles. The van der Waals surface area contributed by atoms with Crippen LogP contribution in [0.3, 0.4) is 0 Å². The van der Waals surface area contributed by atoms with Crippen molar-refractivity contribution in [2.24, 2.45) is 0 Å². The quantitative estimate of drug-likeness (QED) is 0.806. The molecule has 6 heteroatoms. The standard InChI is InChI=1S/C11H14O3S3/c1-8-3-4-10-9(11(8)17(12,13)14)7-15-5-2-6-16-10/h3-4H,2,5-7H2,1H3,(H,12,13,14). The van der Waals surface area contributed by atoms with E-state index in [9.17, 15) is 13.0 Å². The van der Waals surface area contributed by atoms with Crippen LogP contribution in [-0.2, 0) is 15.9 Å². The fourth-order valence-electron chi connectivity index (χ4n) is 1.88. The lowest BCUT2D eigenvalue weighted by Gasteiger charge is -2.17. The van der Waals surface area contributed by atoms with Gasteiger partial charge in [0.2, 0.25) is 0 Å². The third-order valence-electron chi connectivity index (χ3n) is 2.61. The Morgan fingerprint density at radius 3 is 2.76 bits per heavy atom. The third kappa shape index (κ3) is 2.99. The molecule has 1 N–H and O–H groups in total. The topological polar surface area (TPSA) is 54.4 Å². The highest BCUT2D eigenvalue weighted by Crippen LogP contribution is 2.35. The number of hydrogen-bond acceptors (Lipinski definition) is 4. The van der Waals surface area contributed by atoms with Gasteiger partial charge in [0.1, 0.15) is 4.90 Å². The van der Waals surface area contributed by atoms with E-state index in [-0.39, 0.29) is 4.90 Å². The molecule has 1 aromatic rings. The van der Waals surface area contributed by atoms with Crippen molar-refractivity contribution in [1.82, 2.24) is 0 Å². The Labute approximate surface area is 110 Å². The van der Waals surface area contributed by atoms with Gasteiger partial charge >= 0.3 is 0 Å². The van der Waals surface area contributed by atoms with Crippen molar-refractivity contribution in [3.05, 3.63) is 23.3 Å². The van der Waals surface area contributed by atoms with Crippen molar-refractivity contribution in [1.29, 1.82) is 0 Å². The van der Waals surface area contributed by atoms with Crippen molar-refractivity contribution in [2.75, 3.05) is 11.5 Å². The van der Waals surface area contributed by atoms with Gasteiger partial charge in [-0.25, -0.2) is 0 Å². The third-order valence-corrected chi connectivity index (χ3v) is 5.95. The number of rotatable bonds is 1. The number of hydrogen-bond donors (Lipinski definition) is 1. The molecule has 1 aliphatic rings. The summed E-state index contributed by atoms with van der Waals surface area (Å²) in [7, 11) is -4.13. The van der Waals surface area contributed by atoms with Crippen LogP contribution in [0.15, 0.2) is 21.9 Å². The zero-order valence-electron chi connectivity index (χ0n) is 9.47. The van der Waals surface area contributed by atoms with Crippen molar-refractivity contribution in [3.63, 3.8) is 0 Å². The summed E-state index contributed by atoms with van der Waals surface area (Å²) in [6.45, 7) is 1.72. The molecule has 1 aliphatic heterocycles. The van der Waals surface area contributed by atoms with Crippen molar-refractivity contribution in [3.8, 4) is 0 Å². The van der Waals surface area contributed by atoms with Gasteiger partial charge in [-0.1, -0.05) is 6.07 Å². The first-order valence-electron chi connectivity index (χ1n) is 5.30. The van der Waals surface area contributed by atoms with Crippen LogP contribution >= 0.6 is 23.5 Å². The molecule has 0 saturated carbocycles. The second-order valence-corrected chi connectivity index (χ2v) is 7.52. The van der Waals surface area contributed by atoms with Gasteiger partial charge in [0, 0.05) is 10.6 Å². The van der Waals surface area contributed by atoms with E-state index in [0.717, 1.165) is 28.4 Å². The van der Waals surface area contributed by atoms with Crippen molar-refractivity contribution in [2.45, 2.75) is 28.9 Å². The summed E-state index contributed by atoms with van der Waals surface area (Å²) in [4.78, 5) is 1.09. The SMILES string of the molecule is Cc1ccc2c(c1S(=O)(=O)O)CSCCCS2. The Bertz CT molecular complexity index is 523. The Balaban J connectivity index is 2.61. The Kier molecular flexibility index (Phi) is 4.07. The predicted molar refractivity (Wildman–Crippen MR) is 72.5 cm³/mol. The average Bonchev–Trinajstić information content (AvgIpc) is 2.18. The van der Waals surface area contributed by atoms with Crippen LogP contribution in [0, 0.1) is 6.92 Å². The number of aryl methyl sites for hydroxylation is 1. The van der Waals surface area contributed by atoms with Crippen molar-refractivity contribution >= 4 is 33.6 Å². The normalized spacial score (nSPS) is 17.1. The maximum absolute atomic E-state index is 11.5. The lowest BCUT2D eigenvalue weighted by atomic mass is 10.1. The van der Waals surface area contributed by atoms with E-state index in [1.165, 1.54) is 0 Å². The predicted octanol–water partition coefficient (Wildman–Crippen LogP) is 2.97. The first kappa shape index (κ1) is 13.3. The average molecular weight is 290 g/mol. The molecule has 0 bridgehead atoms. The number of thioether (sulfide) groups is 2. The van der Waals surface area contributed by atoms with E-state index in [2.05, 4.69) is 0 Å². The molecule has 2 rings (SSSR count). The summed E-state index contributed by atoms with van der Waals surface area (Å²) in [5.41, 5.74) is 1.38. The summed E-state index contributed by atoms with van der Waals surface area (Å²) < 4.78 is 32.3. The Morgan fingerprint density at radius 2 is 2.06 bits per heavy atom. The molecule has 0 fully saturated rings. The zero-order valence-corrected chi connectivity index (χ0v) is 11.9. The molecular formula is C11H14O3S3. The van der Waals surface area contributed by atoms with Gasteiger partial charge in [-0.3, -0.25) is 4.55 Å². The summed E-state index contributed by atoms with van der Waals surface area (Å²) in [6, 6.07) is 3.72. The van der Waals surface area contributed by atoms with Crippen LogP contribution in [0.4, 0.5) is 0 Å². The smallest absolute Gasteiger partial charge is 0.282 e. The molecule has 94 valence electrons. The van der Waals surface area contributed by atoms with E-state index in [1.807, 2.05) is 6.07 Å².